The molecule has 1 unspecified atom stereocenters. The van der Waals surface area contributed by atoms with Crippen LogP contribution < -0.4 is 10.5 Å². The third kappa shape index (κ3) is 6.46. The molecule has 9 nitrogen and oxygen atoms in total. The van der Waals surface area contributed by atoms with Gasteiger partial charge in [0.25, 0.3) is 5.56 Å². The average molecular weight is 508 g/mol. The summed E-state index contributed by atoms with van der Waals surface area (Å²) >= 11 is 0. The van der Waals surface area contributed by atoms with Crippen LogP contribution in [0.15, 0.2) is 29.5 Å². The summed E-state index contributed by atoms with van der Waals surface area (Å²) in [4.78, 5) is 35.3. The fraction of sp³-hybridized carbons (Fsp3) is 0.550. The van der Waals surface area contributed by atoms with Crippen molar-refractivity contribution < 1.29 is 35.9 Å². The van der Waals surface area contributed by atoms with Crippen LogP contribution in [0.3, 0.4) is 0 Å². The SMILES string of the molecule is CCC(OCCC(=O)N1CCN(c2ncc(C(F)(F)F)cn2)CC1)n1nccc(C(F)(F)F)c1=O. The molecule has 35 heavy (non-hydrogen) atoms. The van der Waals surface area contributed by atoms with E-state index in [-0.39, 0.29) is 44.4 Å². The van der Waals surface area contributed by atoms with Gasteiger partial charge in [-0.05, 0) is 12.5 Å². The topological polar surface area (TPSA) is 93.4 Å². The van der Waals surface area contributed by atoms with Crippen LogP contribution in [0.25, 0.3) is 0 Å². The van der Waals surface area contributed by atoms with Crippen molar-refractivity contribution in [1.29, 1.82) is 0 Å². The second-order valence-electron chi connectivity index (χ2n) is 7.61. The van der Waals surface area contributed by atoms with E-state index in [1.807, 2.05) is 0 Å². The molecule has 15 heteroatoms. The number of halogens is 6. The molecule has 1 amide bonds. The molecule has 3 heterocycles. The Morgan fingerprint density at radius 1 is 1.06 bits per heavy atom. The minimum Gasteiger partial charge on any atom is -0.356 e. The number of carbonyl (C=O) groups is 1. The maximum atomic E-state index is 13.0. The molecule has 0 spiro atoms. The van der Waals surface area contributed by atoms with Crippen LogP contribution in [0.4, 0.5) is 32.3 Å². The third-order valence-corrected chi connectivity index (χ3v) is 5.31. The molecule has 0 aromatic carbocycles. The van der Waals surface area contributed by atoms with E-state index in [0.717, 1.165) is 6.20 Å². The smallest absolute Gasteiger partial charge is 0.356 e. The predicted octanol–water partition coefficient (Wildman–Crippen LogP) is 2.74. The van der Waals surface area contributed by atoms with E-state index in [4.69, 9.17) is 4.74 Å². The molecule has 1 fully saturated rings. The van der Waals surface area contributed by atoms with Gasteiger partial charge in [0.05, 0.1) is 18.6 Å². The lowest BCUT2D eigenvalue weighted by molar-refractivity contribution is -0.140. The molecule has 0 radical (unpaired) electrons. The van der Waals surface area contributed by atoms with Gasteiger partial charge < -0.3 is 14.5 Å². The zero-order valence-corrected chi connectivity index (χ0v) is 18.5. The van der Waals surface area contributed by atoms with Gasteiger partial charge in [-0.1, -0.05) is 6.92 Å². The van der Waals surface area contributed by atoms with Gasteiger partial charge in [0.15, 0.2) is 6.23 Å². The molecule has 2 aromatic heterocycles. The first-order valence-electron chi connectivity index (χ1n) is 10.6. The van der Waals surface area contributed by atoms with E-state index < -0.39 is 35.3 Å². The first-order chi connectivity index (χ1) is 16.4. The van der Waals surface area contributed by atoms with E-state index in [0.29, 0.717) is 36.2 Å². The zero-order chi connectivity index (χ0) is 25.8. The first kappa shape index (κ1) is 26.4. The highest BCUT2D eigenvalue weighted by Crippen LogP contribution is 2.28. The highest BCUT2D eigenvalue weighted by molar-refractivity contribution is 5.76. The lowest BCUT2D eigenvalue weighted by Crippen LogP contribution is -2.49. The average Bonchev–Trinajstić information content (AvgIpc) is 2.81. The summed E-state index contributed by atoms with van der Waals surface area (Å²) in [5.74, 6) is -0.157. The standard InChI is InChI=1S/C20H22F6N6O3/c1-2-16(32-17(34)14(3-5-29-32)20(24,25)26)35-10-4-15(33)30-6-8-31(9-7-30)18-27-11-13(12-28-18)19(21,22)23/h3,5,11-12,16H,2,4,6-10H2,1H3. The maximum Gasteiger partial charge on any atom is 0.421 e. The number of hydrogen-bond acceptors (Lipinski definition) is 7. The van der Waals surface area contributed by atoms with Crippen molar-refractivity contribution in [1.82, 2.24) is 24.6 Å². The number of piperazine rings is 1. The molecule has 0 aliphatic carbocycles. The van der Waals surface area contributed by atoms with Crippen molar-refractivity contribution in [3.63, 3.8) is 0 Å². The van der Waals surface area contributed by atoms with Crippen molar-refractivity contribution in [3.05, 3.63) is 46.1 Å². The molecule has 2 aromatic rings. The van der Waals surface area contributed by atoms with Gasteiger partial charge >= 0.3 is 12.4 Å². The Balaban J connectivity index is 1.50. The van der Waals surface area contributed by atoms with E-state index in [9.17, 15) is 35.9 Å². The number of nitrogens with zero attached hydrogens (tertiary/aromatic N) is 6. The molecule has 1 saturated heterocycles. The van der Waals surface area contributed by atoms with E-state index >= 15 is 0 Å². The van der Waals surface area contributed by atoms with Crippen LogP contribution in [0.2, 0.25) is 0 Å². The fourth-order valence-corrected chi connectivity index (χ4v) is 3.44. The Morgan fingerprint density at radius 3 is 2.23 bits per heavy atom. The number of carbonyl (C=O) groups excluding carboxylic acids is 1. The monoisotopic (exact) mass is 508 g/mol. The molecule has 0 N–H and O–H groups in total. The van der Waals surface area contributed by atoms with Crippen molar-refractivity contribution in [2.75, 3.05) is 37.7 Å². The summed E-state index contributed by atoms with van der Waals surface area (Å²) in [6.07, 6.45) is -8.11. The van der Waals surface area contributed by atoms with Crippen LogP contribution in [0.1, 0.15) is 37.1 Å². The van der Waals surface area contributed by atoms with Crippen molar-refractivity contribution in [2.45, 2.75) is 38.3 Å². The zero-order valence-electron chi connectivity index (χ0n) is 18.5. The van der Waals surface area contributed by atoms with Gasteiger partial charge in [-0.25, -0.2) is 14.6 Å². The summed E-state index contributed by atoms with van der Waals surface area (Å²) in [5.41, 5.74) is -3.65. The largest absolute Gasteiger partial charge is 0.421 e. The first-order valence-corrected chi connectivity index (χ1v) is 10.6. The highest BCUT2D eigenvalue weighted by Gasteiger charge is 2.35. The van der Waals surface area contributed by atoms with Crippen molar-refractivity contribution in [2.24, 2.45) is 0 Å². The normalized spacial score (nSPS) is 15.9. The van der Waals surface area contributed by atoms with Crippen LogP contribution in [-0.2, 0) is 21.9 Å². The van der Waals surface area contributed by atoms with Gasteiger partial charge in [-0.2, -0.15) is 31.4 Å². The second kappa shape index (κ2) is 10.6. The van der Waals surface area contributed by atoms with Gasteiger partial charge in [-0.3, -0.25) is 9.59 Å². The predicted molar refractivity (Wildman–Crippen MR) is 109 cm³/mol. The van der Waals surface area contributed by atoms with Crippen molar-refractivity contribution >= 4 is 11.9 Å². The maximum absolute atomic E-state index is 13.0. The molecule has 0 saturated carbocycles. The summed E-state index contributed by atoms with van der Waals surface area (Å²) in [6.45, 7) is 2.61. The molecule has 0 bridgehead atoms. The minimum atomic E-state index is -4.83. The second-order valence-corrected chi connectivity index (χ2v) is 7.61. The Morgan fingerprint density at radius 2 is 1.69 bits per heavy atom. The number of aromatic nitrogens is 4. The highest BCUT2D eigenvalue weighted by atomic mass is 19.4. The number of hydrogen-bond donors (Lipinski definition) is 0. The van der Waals surface area contributed by atoms with E-state index in [2.05, 4.69) is 15.1 Å². The molecule has 3 rings (SSSR count). The van der Waals surface area contributed by atoms with Gasteiger partial charge in [-0.15, -0.1) is 0 Å². The van der Waals surface area contributed by atoms with Crippen LogP contribution >= 0.6 is 0 Å². The Hall–Kier alpha value is -3.23. The summed E-state index contributed by atoms with van der Waals surface area (Å²) in [5, 5.41) is 3.67. The molecule has 192 valence electrons. The lowest BCUT2D eigenvalue weighted by Gasteiger charge is -2.34. The molecular formula is C20H22F6N6O3. The Labute approximate surface area is 195 Å². The third-order valence-electron chi connectivity index (χ3n) is 5.31. The van der Waals surface area contributed by atoms with Crippen LogP contribution in [-0.4, -0.2) is 63.3 Å². The van der Waals surface area contributed by atoms with Gasteiger partial charge in [0, 0.05) is 44.8 Å². The summed E-state index contributed by atoms with van der Waals surface area (Å²) in [6, 6.07) is 0.588. The number of anilines is 1. The number of rotatable bonds is 7. The molecule has 1 atom stereocenters. The Bertz CT molecular complexity index is 1060. The van der Waals surface area contributed by atoms with E-state index in [1.165, 1.54) is 4.90 Å². The van der Waals surface area contributed by atoms with Gasteiger partial charge in [0.2, 0.25) is 11.9 Å². The summed E-state index contributed by atoms with van der Waals surface area (Å²) in [7, 11) is 0. The minimum absolute atomic E-state index is 0.0823. The lowest BCUT2D eigenvalue weighted by atomic mass is 10.3. The molecule has 1 aliphatic rings. The van der Waals surface area contributed by atoms with Crippen molar-refractivity contribution in [3.8, 4) is 0 Å². The molecule has 1 aliphatic heterocycles. The number of amides is 1. The quantitative estimate of drug-likeness (QED) is 0.531. The molecular weight excluding hydrogens is 486 g/mol. The summed E-state index contributed by atoms with van der Waals surface area (Å²) < 4.78 is 82.9. The van der Waals surface area contributed by atoms with E-state index in [1.54, 1.807) is 11.8 Å². The number of ether oxygens (including phenoxy) is 1. The Kier molecular flexibility index (Phi) is 7.97. The van der Waals surface area contributed by atoms with Gasteiger partial charge in [0.1, 0.15) is 5.56 Å². The number of alkyl halides is 6. The fourth-order valence-electron chi connectivity index (χ4n) is 3.44. The van der Waals surface area contributed by atoms with Crippen LogP contribution in [0, 0.1) is 0 Å². The van der Waals surface area contributed by atoms with Crippen LogP contribution in [0.5, 0.6) is 0 Å².